The van der Waals surface area contributed by atoms with E-state index < -0.39 is 0 Å². The molecule has 1 heterocycles. The van der Waals surface area contributed by atoms with E-state index in [-0.39, 0.29) is 24.4 Å². The van der Waals surface area contributed by atoms with Crippen LogP contribution in [0.1, 0.15) is 18.4 Å². The Labute approximate surface area is 145 Å². The molecule has 2 rings (SSSR count). The second kappa shape index (κ2) is 9.11. The van der Waals surface area contributed by atoms with Crippen molar-refractivity contribution < 1.29 is 4.79 Å². The minimum Gasteiger partial charge on any atom is -0.342 e. The molecule has 0 unspecified atom stereocenters. The molecule has 0 aliphatic carbocycles. The molecule has 0 bridgehead atoms. The fourth-order valence-corrected chi connectivity index (χ4v) is 3.61. The first-order chi connectivity index (χ1) is 9.56. The number of hydrogen-bond acceptors (Lipinski definition) is 3. The molecule has 118 valence electrons. The van der Waals surface area contributed by atoms with Gasteiger partial charge in [0.15, 0.2) is 0 Å². The molecule has 0 atom stereocenters. The molecular formula is C14H19Cl3N2OS. The van der Waals surface area contributed by atoms with Gasteiger partial charge in [-0.2, -0.15) is 0 Å². The Bertz CT molecular complexity index is 479. The van der Waals surface area contributed by atoms with Crippen LogP contribution in [0.2, 0.25) is 10.0 Å². The first kappa shape index (κ1) is 18.9. The normalized spacial score (nSPS) is 15.7. The second-order valence-corrected chi connectivity index (χ2v) is 6.78. The average Bonchev–Trinajstić information content (AvgIpc) is 2.42. The summed E-state index contributed by atoms with van der Waals surface area (Å²) in [6.07, 6.45) is 1.80. The molecule has 1 fully saturated rings. The molecule has 1 aromatic rings. The highest BCUT2D eigenvalue weighted by atomic mass is 35.5. The zero-order valence-electron chi connectivity index (χ0n) is 11.6. The van der Waals surface area contributed by atoms with Crippen molar-refractivity contribution in [3.63, 3.8) is 0 Å². The number of carbonyl (C=O) groups is 1. The van der Waals surface area contributed by atoms with Crippen LogP contribution in [0, 0.1) is 0 Å². The summed E-state index contributed by atoms with van der Waals surface area (Å²) in [7, 11) is 0. The van der Waals surface area contributed by atoms with Gasteiger partial charge in [-0.15, -0.1) is 24.2 Å². The van der Waals surface area contributed by atoms with Crippen LogP contribution in [0.3, 0.4) is 0 Å². The van der Waals surface area contributed by atoms with E-state index in [0.29, 0.717) is 15.8 Å². The summed E-state index contributed by atoms with van der Waals surface area (Å²) in [5.41, 5.74) is 6.84. The highest BCUT2D eigenvalue weighted by Crippen LogP contribution is 2.25. The van der Waals surface area contributed by atoms with Crippen molar-refractivity contribution in [1.29, 1.82) is 0 Å². The Balaban J connectivity index is 0.00000220. The largest absolute Gasteiger partial charge is 0.342 e. The topological polar surface area (TPSA) is 46.3 Å². The first-order valence-electron chi connectivity index (χ1n) is 6.61. The van der Waals surface area contributed by atoms with E-state index in [1.165, 1.54) is 0 Å². The molecular weight excluding hydrogens is 351 g/mol. The Kier molecular flexibility index (Phi) is 8.21. The third-order valence-electron chi connectivity index (χ3n) is 3.39. The van der Waals surface area contributed by atoms with Crippen LogP contribution in [-0.4, -0.2) is 35.7 Å². The summed E-state index contributed by atoms with van der Waals surface area (Å²) in [6, 6.07) is 5.70. The standard InChI is InChI=1S/C14H18Cl2N2OS.ClH/c15-11-2-1-10(13(16)7-11)8-20-9-14(19)18-5-3-12(17)4-6-18;/h1-2,7,12H,3-6,8-9,17H2;1H. The fraction of sp³-hybridized carbons (Fsp3) is 0.500. The number of benzene rings is 1. The van der Waals surface area contributed by atoms with Gasteiger partial charge >= 0.3 is 0 Å². The van der Waals surface area contributed by atoms with Gasteiger partial charge in [-0.1, -0.05) is 29.3 Å². The number of thioether (sulfide) groups is 1. The molecule has 1 aromatic carbocycles. The SMILES string of the molecule is Cl.NC1CCN(C(=O)CSCc2ccc(Cl)cc2Cl)CC1. The maximum absolute atomic E-state index is 12.0. The van der Waals surface area contributed by atoms with Crippen LogP contribution in [0.15, 0.2) is 18.2 Å². The third kappa shape index (κ3) is 5.87. The smallest absolute Gasteiger partial charge is 0.232 e. The van der Waals surface area contributed by atoms with Crippen molar-refractivity contribution in [2.75, 3.05) is 18.8 Å². The third-order valence-corrected chi connectivity index (χ3v) is 4.94. The number of hydrogen-bond donors (Lipinski definition) is 1. The minimum absolute atomic E-state index is 0. The first-order valence-corrected chi connectivity index (χ1v) is 8.52. The molecule has 0 spiro atoms. The molecule has 21 heavy (non-hydrogen) atoms. The quantitative estimate of drug-likeness (QED) is 0.882. The summed E-state index contributed by atoms with van der Waals surface area (Å²) in [4.78, 5) is 13.9. The lowest BCUT2D eigenvalue weighted by atomic mass is 10.1. The molecule has 0 radical (unpaired) electrons. The predicted molar refractivity (Wildman–Crippen MR) is 93.7 cm³/mol. The highest BCUT2D eigenvalue weighted by Gasteiger charge is 2.20. The van der Waals surface area contributed by atoms with E-state index >= 15 is 0 Å². The maximum Gasteiger partial charge on any atom is 0.232 e. The van der Waals surface area contributed by atoms with Gasteiger partial charge in [-0.05, 0) is 30.5 Å². The molecule has 1 aliphatic heterocycles. The van der Waals surface area contributed by atoms with Crippen LogP contribution >= 0.6 is 47.4 Å². The number of rotatable bonds is 4. The Morgan fingerprint density at radius 2 is 2.00 bits per heavy atom. The maximum atomic E-state index is 12.0. The van der Waals surface area contributed by atoms with Crippen LogP contribution < -0.4 is 5.73 Å². The van der Waals surface area contributed by atoms with Crippen LogP contribution in [0.5, 0.6) is 0 Å². The fourth-order valence-electron chi connectivity index (χ4n) is 2.13. The van der Waals surface area contributed by atoms with Crippen molar-refractivity contribution in [3.05, 3.63) is 33.8 Å². The van der Waals surface area contributed by atoms with Crippen molar-refractivity contribution in [2.45, 2.75) is 24.6 Å². The molecule has 3 nitrogen and oxygen atoms in total. The second-order valence-electron chi connectivity index (χ2n) is 4.95. The number of halogens is 3. The Morgan fingerprint density at radius 3 is 2.62 bits per heavy atom. The number of nitrogens with two attached hydrogens (primary N) is 1. The van der Waals surface area contributed by atoms with Crippen molar-refractivity contribution >= 4 is 53.3 Å². The summed E-state index contributed by atoms with van der Waals surface area (Å²) in [6.45, 7) is 1.56. The predicted octanol–water partition coefficient (Wildman–Crippen LogP) is 3.60. The minimum atomic E-state index is 0. The molecule has 7 heteroatoms. The van der Waals surface area contributed by atoms with Gasteiger partial charge in [0.05, 0.1) is 5.75 Å². The number of amides is 1. The van der Waals surface area contributed by atoms with Gasteiger partial charge in [0.1, 0.15) is 0 Å². The Morgan fingerprint density at radius 1 is 1.33 bits per heavy atom. The number of carbonyl (C=O) groups excluding carboxylic acids is 1. The van der Waals surface area contributed by atoms with Gasteiger partial charge in [0.2, 0.25) is 5.91 Å². The van der Waals surface area contributed by atoms with Crippen molar-refractivity contribution in [2.24, 2.45) is 5.73 Å². The van der Waals surface area contributed by atoms with Crippen molar-refractivity contribution in [3.8, 4) is 0 Å². The molecule has 0 aromatic heterocycles. The molecule has 1 saturated heterocycles. The Hall–Kier alpha value is -0.130. The summed E-state index contributed by atoms with van der Waals surface area (Å²) in [5, 5.41) is 1.28. The van der Waals surface area contributed by atoms with Crippen LogP contribution in [0.4, 0.5) is 0 Å². The summed E-state index contributed by atoms with van der Waals surface area (Å²) >= 11 is 13.5. The highest BCUT2D eigenvalue weighted by molar-refractivity contribution is 7.99. The van der Waals surface area contributed by atoms with Gasteiger partial charge in [-0.3, -0.25) is 4.79 Å². The zero-order chi connectivity index (χ0) is 14.5. The van der Waals surface area contributed by atoms with E-state index in [2.05, 4.69) is 0 Å². The lowest BCUT2D eigenvalue weighted by molar-refractivity contribution is -0.129. The van der Waals surface area contributed by atoms with E-state index in [4.69, 9.17) is 28.9 Å². The van der Waals surface area contributed by atoms with E-state index in [9.17, 15) is 4.79 Å². The zero-order valence-corrected chi connectivity index (χ0v) is 14.7. The van der Waals surface area contributed by atoms with Gasteiger partial charge < -0.3 is 10.6 Å². The monoisotopic (exact) mass is 368 g/mol. The lowest BCUT2D eigenvalue weighted by Gasteiger charge is -2.30. The number of likely N-dealkylation sites (tertiary alicyclic amines) is 1. The number of piperidine rings is 1. The van der Waals surface area contributed by atoms with Gasteiger partial charge in [-0.25, -0.2) is 0 Å². The molecule has 0 saturated carbocycles. The summed E-state index contributed by atoms with van der Waals surface area (Å²) in [5.74, 6) is 1.38. The van der Waals surface area contributed by atoms with E-state index in [0.717, 1.165) is 37.2 Å². The average molecular weight is 370 g/mol. The molecule has 1 amide bonds. The summed E-state index contributed by atoms with van der Waals surface area (Å²) < 4.78 is 0. The van der Waals surface area contributed by atoms with E-state index in [1.807, 2.05) is 17.0 Å². The molecule has 1 aliphatic rings. The lowest BCUT2D eigenvalue weighted by Crippen LogP contribution is -2.43. The van der Waals surface area contributed by atoms with Gasteiger partial charge in [0.25, 0.3) is 0 Å². The number of nitrogens with zero attached hydrogens (tertiary/aromatic N) is 1. The van der Waals surface area contributed by atoms with Crippen LogP contribution in [-0.2, 0) is 10.5 Å². The van der Waals surface area contributed by atoms with E-state index in [1.54, 1.807) is 17.8 Å². The van der Waals surface area contributed by atoms with Crippen LogP contribution in [0.25, 0.3) is 0 Å². The van der Waals surface area contributed by atoms with Crippen molar-refractivity contribution in [1.82, 2.24) is 4.90 Å². The molecule has 2 N–H and O–H groups in total. The van der Waals surface area contributed by atoms with Gasteiger partial charge in [0, 0.05) is 34.9 Å².